The Balaban J connectivity index is 0.000000633. The summed E-state index contributed by atoms with van der Waals surface area (Å²) >= 11 is 0. The first kappa shape index (κ1) is 48.0. The van der Waals surface area contributed by atoms with E-state index in [4.69, 9.17) is 30.8 Å². The number of carbonyl (C=O) groups is 2. The van der Waals surface area contributed by atoms with Gasteiger partial charge in [-0.05, 0) is 94.4 Å². The minimum absolute atomic E-state index is 0.00403. The number of ether oxygens (including phenoxy) is 4. The van der Waals surface area contributed by atoms with Gasteiger partial charge in [0.1, 0.15) is 12.4 Å². The summed E-state index contributed by atoms with van der Waals surface area (Å²) in [5.74, 6) is 2.03. The molecule has 3 N–H and O–H groups in total. The number of terminal acetylenes is 1. The van der Waals surface area contributed by atoms with Gasteiger partial charge in [0, 0.05) is 61.9 Å². The summed E-state index contributed by atoms with van der Waals surface area (Å²) < 4.78 is 46.4. The second-order valence-corrected chi connectivity index (χ2v) is 18.9. The van der Waals surface area contributed by atoms with Crippen molar-refractivity contribution in [3.05, 3.63) is 35.9 Å². The highest BCUT2D eigenvalue weighted by molar-refractivity contribution is 5.99. The number of halogens is 2. The Morgan fingerprint density at radius 2 is 1.55 bits per heavy atom. The zero-order valence-corrected chi connectivity index (χ0v) is 37.2. The molecule has 5 unspecified atom stereocenters. The van der Waals surface area contributed by atoms with Crippen LogP contribution in [0.25, 0.3) is 0 Å². The molecule has 0 bridgehead atoms. The second-order valence-electron chi connectivity index (χ2n) is 18.9. The van der Waals surface area contributed by atoms with Crippen molar-refractivity contribution in [2.24, 2.45) is 22.7 Å². The van der Waals surface area contributed by atoms with E-state index in [1.54, 1.807) is 0 Å². The number of alkyl halides is 2. The highest BCUT2D eigenvalue weighted by Gasteiger charge is 2.69. The Hall–Kier alpha value is -3.48. The van der Waals surface area contributed by atoms with Crippen molar-refractivity contribution in [3.8, 4) is 12.3 Å². The average molecular weight is 867 g/mol. The van der Waals surface area contributed by atoms with Gasteiger partial charge in [-0.15, -0.1) is 6.42 Å². The number of amidine groups is 2. The van der Waals surface area contributed by atoms with E-state index in [9.17, 15) is 23.8 Å². The number of hydrogen-bond donors (Lipinski definition) is 3. The largest absolute Gasteiger partial charge is 0.379 e. The smallest absolute Gasteiger partial charge is 0.248 e. The maximum Gasteiger partial charge on any atom is 0.248 e. The maximum absolute atomic E-state index is 12.9. The van der Waals surface area contributed by atoms with Crippen LogP contribution >= 0.6 is 0 Å². The average Bonchev–Trinajstić information content (AvgIpc) is 3.63. The first-order chi connectivity index (χ1) is 29.9. The Labute approximate surface area is 368 Å². The molecule has 2 amide bonds. The van der Waals surface area contributed by atoms with Crippen LogP contribution in [0.2, 0.25) is 0 Å². The van der Waals surface area contributed by atoms with Crippen molar-refractivity contribution in [1.29, 1.82) is 10.8 Å². The molecule has 1 aromatic rings. The second kappa shape index (κ2) is 22.4. The molecule has 0 radical (unpaired) electrons. The molecular weight excluding hydrogens is 795 g/mol. The first-order valence-electron chi connectivity index (χ1n) is 23.2. The molecular formula is C48H72F2N6O6. The fourth-order valence-corrected chi connectivity index (χ4v) is 11.4. The van der Waals surface area contributed by atoms with Gasteiger partial charge in [-0.25, -0.2) is 8.78 Å². The summed E-state index contributed by atoms with van der Waals surface area (Å²) in [4.78, 5) is 31.0. The molecule has 4 saturated carbocycles. The third-order valence-corrected chi connectivity index (χ3v) is 14.9. The summed E-state index contributed by atoms with van der Waals surface area (Å²) in [5.41, 5.74) is 1.67. The first-order valence-corrected chi connectivity index (χ1v) is 23.2. The maximum atomic E-state index is 12.9. The molecule has 0 aromatic heterocycles. The van der Waals surface area contributed by atoms with Crippen molar-refractivity contribution in [3.63, 3.8) is 0 Å². The molecule has 2 spiro atoms. The molecule has 6 aliphatic rings. The van der Waals surface area contributed by atoms with E-state index >= 15 is 0 Å². The number of piperidine rings is 2. The summed E-state index contributed by atoms with van der Waals surface area (Å²) in [6, 6.07) is 11.5. The fourth-order valence-electron chi connectivity index (χ4n) is 11.4. The molecule has 1 aromatic carbocycles. The normalized spacial score (nSPS) is 26.6. The number of hydrogen-bond acceptors (Lipinski definition) is 9. The van der Waals surface area contributed by atoms with Crippen LogP contribution in [0.15, 0.2) is 30.3 Å². The van der Waals surface area contributed by atoms with Crippen LogP contribution in [0, 0.1) is 45.8 Å². The molecule has 2 saturated heterocycles. The van der Waals surface area contributed by atoms with Gasteiger partial charge in [0.05, 0.1) is 64.5 Å². The highest BCUT2D eigenvalue weighted by Crippen LogP contribution is 2.66. The van der Waals surface area contributed by atoms with Crippen LogP contribution in [-0.4, -0.2) is 135 Å². The Morgan fingerprint density at radius 3 is 2.11 bits per heavy atom. The monoisotopic (exact) mass is 867 g/mol. The van der Waals surface area contributed by atoms with Crippen LogP contribution in [0.4, 0.5) is 8.78 Å². The predicted octanol–water partition coefficient (Wildman–Crippen LogP) is 7.08. The lowest BCUT2D eigenvalue weighted by Crippen LogP contribution is -2.74. The minimum Gasteiger partial charge on any atom is -0.379 e. The van der Waals surface area contributed by atoms with E-state index in [-0.39, 0.29) is 42.2 Å². The van der Waals surface area contributed by atoms with Crippen molar-refractivity contribution in [2.75, 3.05) is 72.5 Å². The van der Waals surface area contributed by atoms with Gasteiger partial charge in [0.2, 0.25) is 18.2 Å². The Bertz CT molecular complexity index is 1650. The van der Waals surface area contributed by atoms with E-state index < -0.39 is 5.92 Å². The molecule has 2 heterocycles. The lowest BCUT2D eigenvalue weighted by molar-refractivity contribution is -0.188. The molecule has 2 aliphatic heterocycles. The number of nitrogens with one attached hydrogen (secondary N) is 3. The summed E-state index contributed by atoms with van der Waals surface area (Å²) in [6.45, 7) is 9.86. The number of carbonyl (C=O) groups excluding carboxylic acids is 2. The van der Waals surface area contributed by atoms with E-state index in [0.29, 0.717) is 107 Å². The lowest BCUT2D eigenvalue weighted by atomic mass is 9.53. The van der Waals surface area contributed by atoms with Crippen LogP contribution in [0.5, 0.6) is 0 Å². The summed E-state index contributed by atoms with van der Waals surface area (Å²) in [7, 11) is 0. The SMILES string of the molecule is C#CCOCCOCCOCCOCCC(=O)N1CCC2(CC1)CC(C(=N)N(C(C)=N)C1CC3N(CCC(NC=O)c4ccccc4)C4CCC43C1)C2.CC1CCC(F)(F)CC1. The van der Waals surface area contributed by atoms with Gasteiger partial charge in [0.25, 0.3) is 0 Å². The molecule has 12 nitrogen and oxygen atoms in total. The Kier molecular flexibility index (Phi) is 17.4. The molecule has 6 fully saturated rings. The Morgan fingerprint density at radius 1 is 0.919 bits per heavy atom. The van der Waals surface area contributed by atoms with E-state index in [1.807, 2.05) is 36.9 Å². The zero-order chi connectivity index (χ0) is 44.2. The van der Waals surface area contributed by atoms with Crippen molar-refractivity contribution in [2.45, 2.75) is 134 Å². The predicted molar refractivity (Wildman–Crippen MR) is 235 cm³/mol. The fraction of sp³-hybridized carbons (Fsp3) is 0.750. The van der Waals surface area contributed by atoms with Gasteiger partial charge in [0.15, 0.2) is 0 Å². The zero-order valence-electron chi connectivity index (χ0n) is 37.2. The van der Waals surface area contributed by atoms with Gasteiger partial charge in [-0.2, -0.15) is 0 Å². The van der Waals surface area contributed by atoms with E-state index in [1.165, 1.54) is 12.8 Å². The molecule has 62 heavy (non-hydrogen) atoms. The third kappa shape index (κ3) is 12.0. The quantitative estimate of drug-likeness (QED) is 0.0392. The topological polar surface area (TPSA) is 141 Å². The number of nitrogens with zero attached hydrogens (tertiary/aromatic N) is 3. The van der Waals surface area contributed by atoms with Gasteiger partial charge in [-0.3, -0.25) is 25.3 Å². The molecule has 344 valence electrons. The van der Waals surface area contributed by atoms with Crippen LogP contribution in [-0.2, 0) is 28.5 Å². The number of rotatable bonds is 21. The van der Waals surface area contributed by atoms with Crippen LogP contribution < -0.4 is 5.32 Å². The van der Waals surface area contributed by atoms with Crippen LogP contribution in [0.1, 0.15) is 115 Å². The lowest BCUT2D eigenvalue weighted by Gasteiger charge is -2.68. The highest BCUT2D eigenvalue weighted by atomic mass is 19.3. The molecule has 14 heteroatoms. The van der Waals surface area contributed by atoms with Crippen LogP contribution in [0.3, 0.4) is 0 Å². The van der Waals surface area contributed by atoms with Crippen molar-refractivity contribution in [1.82, 2.24) is 20.0 Å². The number of amides is 2. The minimum atomic E-state index is -2.34. The summed E-state index contributed by atoms with van der Waals surface area (Å²) in [6.07, 6.45) is 17.2. The number of benzene rings is 1. The van der Waals surface area contributed by atoms with Gasteiger partial charge in [-0.1, -0.05) is 43.2 Å². The van der Waals surface area contributed by atoms with E-state index in [0.717, 1.165) is 76.6 Å². The van der Waals surface area contributed by atoms with E-state index in [2.05, 4.69) is 33.2 Å². The molecule has 4 aliphatic carbocycles. The van der Waals surface area contributed by atoms with Gasteiger partial charge < -0.3 is 34.1 Å². The molecule has 5 atom stereocenters. The van der Waals surface area contributed by atoms with Crippen molar-refractivity contribution < 1.29 is 37.3 Å². The molecule has 7 rings (SSSR count). The van der Waals surface area contributed by atoms with Gasteiger partial charge >= 0.3 is 0 Å². The third-order valence-electron chi connectivity index (χ3n) is 14.9. The van der Waals surface area contributed by atoms with Crippen molar-refractivity contribution >= 4 is 24.0 Å². The number of likely N-dealkylation sites (tertiary alicyclic amines) is 2. The summed E-state index contributed by atoms with van der Waals surface area (Å²) in [5, 5.41) is 21.1. The standard InChI is InChI=1S/C41H60N6O6.C7H12F2/c1-3-18-50-20-22-52-24-25-53-23-21-51-19-11-38(49)45-16-13-40(14-17-45)27-33(28-40)39(43)47(31(2)42)34-26-37-41(29-34)12-9-36(41)46(37)15-10-35(44-30-48)32-7-5-4-6-8-32;1-6-2-4-7(8,9)5-3-6/h1,4-8,30,33-37,42-43H,9-29H2,2H3,(H,44,48);6H,2-5H2,1H3.